The van der Waals surface area contributed by atoms with Gasteiger partial charge in [0.25, 0.3) is 5.69 Å². The van der Waals surface area contributed by atoms with Gasteiger partial charge in [-0.05, 0) is 32.9 Å². The summed E-state index contributed by atoms with van der Waals surface area (Å²) in [5.41, 5.74) is -0.793. The topological polar surface area (TPSA) is 117 Å². The van der Waals surface area contributed by atoms with Crippen LogP contribution >= 0.6 is 0 Å². The normalized spacial score (nSPS) is 11.5. The van der Waals surface area contributed by atoms with Gasteiger partial charge in [0.2, 0.25) is 0 Å². The predicted octanol–water partition coefficient (Wildman–Crippen LogP) is 2.64. The number of methoxy groups -OCH3 is 2. The van der Waals surface area contributed by atoms with Gasteiger partial charge in [-0.25, -0.2) is 9.59 Å². The molecule has 136 valence electrons. The van der Waals surface area contributed by atoms with Crippen molar-refractivity contribution < 1.29 is 28.7 Å². The molecule has 0 aliphatic heterocycles. The Bertz CT molecular complexity index is 705. The number of nitro benzene ring substituents is 1. The van der Waals surface area contributed by atoms with Crippen LogP contribution in [0.3, 0.4) is 0 Å². The molecule has 0 spiro atoms. The zero-order chi connectivity index (χ0) is 19.2. The standard InChI is InChI=1S/C16H20N2O7/c1-16(2,3)25-15(20)17-12(14(19)24-5)8-10-6-7-11(18(21)22)9-13(10)23-4/h6-9H,1-5H3,(H,17,20)/b12-8-. The second kappa shape index (κ2) is 8.13. The van der Waals surface area contributed by atoms with E-state index in [0.29, 0.717) is 5.56 Å². The molecule has 1 amide bonds. The Kier molecular flexibility index (Phi) is 6.49. The summed E-state index contributed by atoms with van der Waals surface area (Å²) in [5, 5.41) is 13.1. The number of nitrogens with one attached hydrogen (secondary N) is 1. The summed E-state index contributed by atoms with van der Waals surface area (Å²) in [7, 11) is 2.48. The van der Waals surface area contributed by atoms with E-state index >= 15 is 0 Å². The van der Waals surface area contributed by atoms with Crippen LogP contribution in [0.5, 0.6) is 5.75 Å². The second-order valence-electron chi connectivity index (χ2n) is 5.86. The highest BCUT2D eigenvalue weighted by atomic mass is 16.6. The molecule has 0 saturated carbocycles. The first-order chi connectivity index (χ1) is 11.6. The molecular formula is C16H20N2O7. The summed E-state index contributed by atoms with van der Waals surface area (Å²) in [4.78, 5) is 34.0. The summed E-state index contributed by atoms with van der Waals surface area (Å²) < 4.78 is 14.8. The minimum atomic E-state index is -0.843. The third-order valence-electron chi connectivity index (χ3n) is 2.77. The Labute approximate surface area is 144 Å². The van der Waals surface area contributed by atoms with Gasteiger partial charge in [0.05, 0.1) is 25.2 Å². The van der Waals surface area contributed by atoms with Crippen LogP contribution in [0.4, 0.5) is 10.5 Å². The number of esters is 1. The highest BCUT2D eigenvalue weighted by Gasteiger charge is 2.21. The van der Waals surface area contributed by atoms with Crippen molar-refractivity contribution in [2.45, 2.75) is 26.4 Å². The largest absolute Gasteiger partial charge is 0.496 e. The van der Waals surface area contributed by atoms with Crippen molar-refractivity contribution in [2.24, 2.45) is 0 Å². The molecule has 0 aliphatic carbocycles. The molecule has 1 aromatic rings. The summed E-state index contributed by atoms with van der Waals surface area (Å²) in [6, 6.07) is 3.83. The number of carbonyl (C=O) groups is 2. The lowest BCUT2D eigenvalue weighted by Crippen LogP contribution is -2.34. The molecule has 9 nitrogen and oxygen atoms in total. The maximum atomic E-state index is 11.9. The number of carbonyl (C=O) groups excluding carboxylic acids is 2. The van der Waals surface area contributed by atoms with E-state index in [2.05, 4.69) is 10.1 Å². The van der Waals surface area contributed by atoms with Crippen LogP contribution < -0.4 is 10.1 Å². The van der Waals surface area contributed by atoms with Crippen LogP contribution in [0.1, 0.15) is 26.3 Å². The Morgan fingerprint density at radius 3 is 2.36 bits per heavy atom. The molecule has 0 unspecified atom stereocenters. The van der Waals surface area contributed by atoms with Crippen LogP contribution in [-0.4, -0.2) is 36.8 Å². The molecule has 1 rings (SSSR count). The molecule has 0 saturated heterocycles. The second-order valence-corrected chi connectivity index (χ2v) is 5.86. The van der Waals surface area contributed by atoms with Gasteiger partial charge in [-0.3, -0.25) is 15.4 Å². The van der Waals surface area contributed by atoms with Crippen molar-refractivity contribution in [3.05, 3.63) is 39.6 Å². The Hall–Kier alpha value is -3.10. The first kappa shape index (κ1) is 19.9. The summed E-state index contributed by atoms with van der Waals surface area (Å²) in [6.45, 7) is 5.02. The molecule has 0 aromatic heterocycles. The number of rotatable bonds is 5. The molecule has 0 heterocycles. The fraction of sp³-hybridized carbons (Fsp3) is 0.375. The van der Waals surface area contributed by atoms with Gasteiger partial charge in [0.15, 0.2) is 0 Å². The minimum absolute atomic E-state index is 0.154. The monoisotopic (exact) mass is 352 g/mol. The van der Waals surface area contributed by atoms with Crippen molar-refractivity contribution in [1.29, 1.82) is 0 Å². The molecule has 0 aliphatic rings. The number of hydrogen-bond donors (Lipinski definition) is 1. The number of ether oxygens (including phenoxy) is 3. The summed E-state index contributed by atoms with van der Waals surface area (Å²) >= 11 is 0. The fourth-order valence-electron chi connectivity index (χ4n) is 1.76. The zero-order valence-electron chi connectivity index (χ0n) is 14.6. The van der Waals surface area contributed by atoms with Crippen molar-refractivity contribution in [2.75, 3.05) is 14.2 Å². The van der Waals surface area contributed by atoms with Crippen LogP contribution in [0, 0.1) is 10.1 Å². The van der Waals surface area contributed by atoms with E-state index in [0.717, 1.165) is 7.11 Å². The van der Waals surface area contributed by atoms with E-state index < -0.39 is 22.6 Å². The Morgan fingerprint density at radius 1 is 1.24 bits per heavy atom. The molecular weight excluding hydrogens is 332 g/mol. The van der Waals surface area contributed by atoms with E-state index in [1.807, 2.05) is 0 Å². The van der Waals surface area contributed by atoms with Crippen LogP contribution in [-0.2, 0) is 14.3 Å². The average Bonchev–Trinajstić information content (AvgIpc) is 2.51. The number of nitrogens with zero attached hydrogens (tertiary/aromatic N) is 1. The van der Waals surface area contributed by atoms with Crippen molar-refractivity contribution in [1.82, 2.24) is 5.32 Å². The quantitative estimate of drug-likeness (QED) is 0.374. The number of non-ortho nitro benzene ring substituents is 1. The van der Waals surface area contributed by atoms with E-state index in [1.165, 1.54) is 31.4 Å². The smallest absolute Gasteiger partial charge is 0.412 e. The zero-order valence-corrected chi connectivity index (χ0v) is 14.6. The SMILES string of the molecule is COC(=O)/C(=C/c1ccc([N+](=O)[O-])cc1OC)NC(=O)OC(C)(C)C. The Balaban J connectivity index is 3.21. The van der Waals surface area contributed by atoms with Gasteiger partial charge in [-0.1, -0.05) is 0 Å². The average molecular weight is 352 g/mol. The van der Waals surface area contributed by atoms with Gasteiger partial charge in [-0.15, -0.1) is 0 Å². The van der Waals surface area contributed by atoms with Gasteiger partial charge >= 0.3 is 12.1 Å². The summed E-state index contributed by atoms with van der Waals surface area (Å²) in [6.07, 6.45) is 0.434. The Morgan fingerprint density at radius 2 is 1.88 bits per heavy atom. The van der Waals surface area contributed by atoms with Crippen molar-refractivity contribution in [3.63, 3.8) is 0 Å². The highest BCUT2D eigenvalue weighted by Crippen LogP contribution is 2.26. The van der Waals surface area contributed by atoms with Crippen molar-refractivity contribution >= 4 is 23.8 Å². The highest BCUT2D eigenvalue weighted by molar-refractivity contribution is 5.97. The fourth-order valence-corrected chi connectivity index (χ4v) is 1.76. The van der Waals surface area contributed by atoms with Gasteiger partial charge in [-0.2, -0.15) is 0 Å². The first-order valence-electron chi connectivity index (χ1n) is 7.20. The molecule has 0 bridgehead atoms. The minimum Gasteiger partial charge on any atom is -0.496 e. The maximum absolute atomic E-state index is 11.9. The third kappa shape index (κ3) is 6.13. The lowest BCUT2D eigenvalue weighted by atomic mass is 10.1. The molecule has 1 aromatic carbocycles. The van der Waals surface area contributed by atoms with Crippen LogP contribution in [0.2, 0.25) is 0 Å². The van der Waals surface area contributed by atoms with E-state index in [-0.39, 0.29) is 17.1 Å². The molecule has 1 N–H and O–H groups in total. The lowest BCUT2D eigenvalue weighted by molar-refractivity contribution is -0.384. The van der Waals surface area contributed by atoms with Crippen LogP contribution in [0.25, 0.3) is 6.08 Å². The van der Waals surface area contributed by atoms with E-state index in [4.69, 9.17) is 9.47 Å². The van der Waals surface area contributed by atoms with E-state index in [1.54, 1.807) is 20.8 Å². The predicted molar refractivity (Wildman–Crippen MR) is 89.0 cm³/mol. The molecule has 0 atom stereocenters. The van der Waals surface area contributed by atoms with Crippen LogP contribution in [0.15, 0.2) is 23.9 Å². The number of alkyl carbamates (subject to hydrolysis) is 1. The van der Waals surface area contributed by atoms with Gasteiger partial charge in [0.1, 0.15) is 17.0 Å². The lowest BCUT2D eigenvalue weighted by Gasteiger charge is -2.20. The molecule has 9 heteroatoms. The molecule has 25 heavy (non-hydrogen) atoms. The first-order valence-corrected chi connectivity index (χ1v) is 7.20. The number of benzene rings is 1. The van der Waals surface area contributed by atoms with Gasteiger partial charge in [0, 0.05) is 11.6 Å². The van der Waals surface area contributed by atoms with E-state index in [9.17, 15) is 19.7 Å². The number of nitro groups is 1. The maximum Gasteiger partial charge on any atom is 0.412 e. The number of hydrogen-bond acceptors (Lipinski definition) is 7. The number of amides is 1. The summed E-state index contributed by atoms with van der Waals surface area (Å²) in [5.74, 6) is -0.659. The van der Waals surface area contributed by atoms with Crippen molar-refractivity contribution in [3.8, 4) is 5.75 Å². The van der Waals surface area contributed by atoms with Gasteiger partial charge < -0.3 is 14.2 Å². The molecule has 0 fully saturated rings. The molecule has 0 radical (unpaired) electrons. The third-order valence-corrected chi connectivity index (χ3v) is 2.77.